The number of ether oxygens (including phenoxy) is 1. The van der Waals surface area contributed by atoms with E-state index in [9.17, 15) is 0 Å². The van der Waals surface area contributed by atoms with Gasteiger partial charge in [-0.05, 0) is 18.1 Å². The van der Waals surface area contributed by atoms with E-state index < -0.39 is 0 Å². The van der Waals surface area contributed by atoms with Crippen molar-refractivity contribution >= 4 is 17.7 Å². The van der Waals surface area contributed by atoms with Crippen molar-refractivity contribution in [1.82, 2.24) is 19.7 Å². The topological polar surface area (TPSA) is 56.1 Å². The fraction of sp³-hybridized carbons (Fsp3) is 0.562. The first-order chi connectivity index (χ1) is 11.2. The lowest BCUT2D eigenvalue weighted by atomic mass is 10.2. The van der Waals surface area contributed by atoms with Crippen LogP contribution in [0.5, 0.6) is 0 Å². The molecule has 124 valence electrons. The van der Waals surface area contributed by atoms with Gasteiger partial charge in [0.25, 0.3) is 0 Å². The second-order valence-corrected chi connectivity index (χ2v) is 6.94. The normalized spacial score (nSPS) is 15.3. The van der Waals surface area contributed by atoms with Crippen molar-refractivity contribution < 1.29 is 4.74 Å². The van der Waals surface area contributed by atoms with Crippen molar-refractivity contribution in [3.63, 3.8) is 0 Å². The van der Waals surface area contributed by atoms with Gasteiger partial charge in [0.15, 0.2) is 5.16 Å². The second-order valence-electron chi connectivity index (χ2n) is 6.00. The number of morpholine rings is 1. The molecule has 0 N–H and O–H groups in total. The van der Waals surface area contributed by atoms with E-state index in [1.54, 1.807) is 11.8 Å². The van der Waals surface area contributed by atoms with Gasteiger partial charge in [-0.3, -0.25) is 9.55 Å². The molecule has 3 heterocycles. The Kier molecular flexibility index (Phi) is 5.51. The van der Waals surface area contributed by atoms with E-state index in [-0.39, 0.29) is 0 Å². The summed E-state index contributed by atoms with van der Waals surface area (Å²) in [4.78, 5) is 6.64. The minimum Gasteiger partial charge on any atom is -0.378 e. The van der Waals surface area contributed by atoms with Crippen LogP contribution in [0.25, 0.3) is 0 Å². The Labute approximate surface area is 141 Å². The highest BCUT2D eigenvalue weighted by atomic mass is 32.2. The van der Waals surface area contributed by atoms with Crippen LogP contribution in [0.2, 0.25) is 0 Å². The number of pyridine rings is 1. The van der Waals surface area contributed by atoms with Crippen LogP contribution in [0.15, 0.2) is 29.6 Å². The summed E-state index contributed by atoms with van der Waals surface area (Å²) >= 11 is 1.70. The molecule has 0 aromatic carbocycles. The zero-order valence-corrected chi connectivity index (χ0v) is 14.5. The van der Waals surface area contributed by atoms with Gasteiger partial charge in [-0.15, -0.1) is 10.2 Å². The van der Waals surface area contributed by atoms with Crippen LogP contribution in [-0.4, -0.2) is 46.1 Å². The summed E-state index contributed by atoms with van der Waals surface area (Å²) in [5, 5.41) is 9.84. The third kappa shape index (κ3) is 4.23. The summed E-state index contributed by atoms with van der Waals surface area (Å²) in [6.07, 6.45) is 1.83. The highest BCUT2D eigenvalue weighted by Gasteiger charge is 2.21. The van der Waals surface area contributed by atoms with Crippen molar-refractivity contribution in [2.75, 3.05) is 31.2 Å². The van der Waals surface area contributed by atoms with E-state index in [0.29, 0.717) is 5.92 Å². The van der Waals surface area contributed by atoms with Gasteiger partial charge >= 0.3 is 0 Å². The van der Waals surface area contributed by atoms with Gasteiger partial charge in [0.2, 0.25) is 5.95 Å². The quantitative estimate of drug-likeness (QED) is 0.757. The lowest BCUT2D eigenvalue weighted by Crippen LogP contribution is -2.38. The molecular formula is C16H23N5OS. The van der Waals surface area contributed by atoms with Crippen LogP contribution < -0.4 is 4.90 Å². The first-order valence-electron chi connectivity index (χ1n) is 8.02. The Morgan fingerprint density at radius 1 is 1.22 bits per heavy atom. The Balaban J connectivity index is 1.77. The SMILES string of the molecule is CC(C)Cn1c(SCc2ccccn2)nnc1N1CCOCC1. The number of anilines is 1. The van der Waals surface area contributed by atoms with Crippen molar-refractivity contribution in [2.45, 2.75) is 31.3 Å². The van der Waals surface area contributed by atoms with E-state index in [2.05, 4.69) is 38.5 Å². The Bertz CT molecular complexity index is 610. The number of nitrogens with zero attached hydrogens (tertiary/aromatic N) is 5. The maximum atomic E-state index is 5.44. The summed E-state index contributed by atoms with van der Waals surface area (Å²) in [6.45, 7) is 8.62. The Morgan fingerprint density at radius 2 is 2.04 bits per heavy atom. The van der Waals surface area contributed by atoms with Gasteiger partial charge in [-0.25, -0.2) is 0 Å². The predicted molar refractivity (Wildman–Crippen MR) is 91.7 cm³/mol. The van der Waals surface area contributed by atoms with Crippen LogP contribution in [0.1, 0.15) is 19.5 Å². The van der Waals surface area contributed by atoms with E-state index in [1.807, 2.05) is 24.4 Å². The summed E-state index contributed by atoms with van der Waals surface area (Å²) < 4.78 is 7.68. The molecule has 0 saturated carbocycles. The number of rotatable bonds is 6. The molecule has 2 aromatic rings. The molecule has 0 atom stereocenters. The van der Waals surface area contributed by atoms with Crippen molar-refractivity contribution in [3.8, 4) is 0 Å². The molecule has 1 aliphatic heterocycles. The van der Waals surface area contributed by atoms with Gasteiger partial charge in [0.05, 0.1) is 18.9 Å². The van der Waals surface area contributed by atoms with E-state index in [0.717, 1.165) is 55.4 Å². The summed E-state index contributed by atoms with van der Waals surface area (Å²) in [5.74, 6) is 2.31. The van der Waals surface area contributed by atoms with E-state index >= 15 is 0 Å². The van der Waals surface area contributed by atoms with Crippen LogP contribution in [0, 0.1) is 5.92 Å². The third-order valence-corrected chi connectivity index (χ3v) is 4.61. The van der Waals surface area contributed by atoms with E-state index in [4.69, 9.17) is 4.74 Å². The zero-order chi connectivity index (χ0) is 16.1. The number of thioether (sulfide) groups is 1. The maximum absolute atomic E-state index is 5.44. The molecule has 1 fully saturated rings. The highest BCUT2D eigenvalue weighted by molar-refractivity contribution is 7.98. The fourth-order valence-electron chi connectivity index (χ4n) is 2.53. The van der Waals surface area contributed by atoms with Crippen LogP contribution in [0.3, 0.4) is 0 Å². The molecule has 3 rings (SSSR count). The van der Waals surface area contributed by atoms with Crippen molar-refractivity contribution in [1.29, 1.82) is 0 Å². The molecule has 6 nitrogen and oxygen atoms in total. The van der Waals surface area contributed by atoms with Crippen LogP contribution in [-0.2, 0) is 17.0 Å². The summed E-state index contributed by atoms with van der Waals surface area (Å²) in [7, 11) is 0. The number of hydrogen-bond acceptors (Lipinski definition) is 6. The van der Waals surface area contributed by atoms with Crippen LogP contribution >= 0.6 is 11.8 Å². The zero-order valence-electron chi connectivity index (χ0n) is 13.7. The Hall–Kier alpha value is -1.60. The first-order valence-corrected chi connectivity index (χ1v) is 9.01. The lowest BCUT2D eigenvalue weighted by molar-refractivity contribution is 0.121. The first kappa shape index (κ1) is 16.3. The van der Waals surface area contributed by atoms with Gasteiger partial charge in [-0.2, -0.15) is 0 Å². The Morgan fingerprint density at radius 3 is 2.74 bits per heavy atom. The van der Waals surface area contributed by atoms with Crippen molar-refractivity contribution in [2.24, 2.45) is 5.92 Å². The summed E-state index contributed by atoms with van der Waals surface area (Å²) in [5.41, 5.74) is 1.06. The predicted octanol–water partition coefficient (Wildman–Crippen LogP) is 2.46. The average molecular weight is 333 g/mol. The molecule has 0 radical (unpaired) electrons. The molecule has 1 saturated heterocycles. The van der Waals surface area contributed by atoms with Gasteiger partial charge in [-0.1, -0.05) is 31.7 Å². The van der Waals surface area contributed by atoms with Gasteiger partial charge < -0.3 is 9.64 Å². The molecule has 1 aliphatic rings. The molecule has 7 heteroatoms. The van der Waals surface area contributed by atoms with Gasteiger partial charge in [0.1, 0.15) is 0 Å². The monoisotopic (exact) mass is 333 g/mol. The number of hydrogen-bond donors (Lipinski definition) is 0. The molecule has 0 aliphatic carbocycles. The standard InChI is InChI=1S/C16H23N5OS/c1-13(2)11-21-15(20-7-9-22-10-8-20)18-19-16(21)23-12-14-5-3-4-6-17-14/h3-6,13H,7-12H2,1-2H3. The maximum Gasteiger partial charge on any atom is 0.228 e. The minimum atomic E-state index is 0.542. The van der Waals surface area contributed by atoms with Crippen LogP contribution in [0.4, 0.5) is 5.95 Å². The van der Waals surface area contributed by atoms with Gasteiger partial charge in [0, 0.05) is 31.6 Å². The second kappa shape index (κ2) is 7.79. The molecular weight excluding hydrogens is 310 g/mol. The molecule has 0 unspecified atom stereocenters. The average Bonchev–Trinajstić information content (AvgIpc) is 2.97. The molecule has 0 spiro atoms. The highest BCUT2D eigenvalue weighted by Crippen LogP contribution is 2.26. The lowest BCUT2D eigenvalue weighted by Gasteiger charge is -2.28. The minimum absolute atomic E-state index is 0.542. The largest absolute Gasteiger partial charge is 0.378 e. The smallest absolute Gasteiger partial charge is 0.228 e. The number of aromatic nitrogens is 4. The molecule has 23 heavy (non-hydrogen) atoms. The third-order valence-electron chi connectivity index (χ3n) is 3.61. The summed E-state index contributed by atoms with van der Waals surface area (Å²) in [6, 6.07) is 5.99. The van der Waals surface area contributed by atoms with E-state index in [1.165, 1.54) is 0 Å². The molecule has 0 bridgehead atoms. The molecule has 0 amide bonds. The van der Waals surface area contributed by atoms with Crippen molar-refractivity contribution in [3.05, 3.63) is 30.1 Å². The fourth-order valence-corrected chi connectivity index (χ4v) is 3.39. The molecule has 2 aromatic heterocycles.